The molecular formula is C33H27ClFN3O5. The highest BCUT2D eigenvalue weighted by atomic mass is 35.5. The Morgan fingerprint density at radius 3 is 2.70 bits per heavy atom. The number of carbonyl (C=O) groups is 1. The molecule has 218 valence electrons. The zero-order valence-corrected chi connectivity index (χ0v) is 24.2. The maximum atomic E-state index is 16.0. The van der Waals surface area contributed by atoms with E-state index < -0.39 is 11.8 Å². The minimum Gasteiger partial charge on any atom is -0.478 e. The smallest absolute Gasteiger partial charge is 0.335 e. The number of ether oxygens (including phenoxy) is 3. The standard InChI is InChI=1S/C33H27ClFN3O5/c1-18-12-20(23-4-3-5-28-31(23)43-33(2,42-28)29-9-7-21(34)16-36-29)13-25(35)24(18)15-30-37-26-8-6-19(32(39)40)14-27(26)38(30)17-22-10-11-41-22/h3-9,12-14,16,22H,10-11,15,17H2,1-2H3,(H,39,40)/t22-,33?/m0/s1. The van der Waals surface area contributed by atoms with Crippen LogP contribution in [-0.4, -0.2) is 38.3 Å². The van der Waals surface area contributed by atoms with E-state index in [1.807, 2.05) is 35.8 Å². The van der Waals surface area contributed by atoms with Gasteiger partial charge in [-0.25, -0.2) is 14.2 Å². The number of carboxylic acids is 1. The maximum Gasteiger partial charge on any atom is 0.335 e. The molecule has 2 aliphatic rings. The number of carboxylic acid groups (broad SMARTS) is 1. The average molecular weight is 600 g/mol. The number of nitrogens with zero attached hydrogens (tertiary/aromatic N) is 3. The summed E-state index contributed by atoms with van der Waals surface area (Å²) in [6.07, 6.45) is 2.68. The fourth-order valence-corrected chi connectivity index (χ4v) is 5.80. The molecule has 4 heterocycles. The Bertz CT molecular complexity index is 1880. The van der Waals surface area contributed by atoms with E-state index in [2.05, 4.69) is 4.98 Å². The molecule has 0 saturated carbocycles. The van der Waals surface area contributed by atoms with Crippen LogP contribution in [0.4, 0.5) is 4.39 Å². The molecule has 5 aromatic rings. The van der Waals surface area contributed by atoms with Crippen molar-refractivity contribution in [1.82, 2.24) is 14.5 Å². The molecule has 2 aliphatic heterocycles. The lowest BCUT2D eigenvalue weighted by Gasteiger charge is -2.27. The van der Waals surface area contributed by atoms with Gasteiger partial charge >= 0.3 is 5.97 Å². The molecule has 0 bridgehead atoms. The molecule has 43 heavy (non-hydrogen) atoms. The van der Waals surface area contributed by atoms with Crippen molar-refractivity contribution in [2.45, 2.75) is 45.1 Å². The third-order valence-corrected chi connectivity index (χ3v) is 8.31. The molecule has 0 aliphatic carbocycles. The molecule has 2 aromatic heterocycles. The second kappa shape index (κ2) is 10.4. The molecule has 1 fully saturated rings. The van der Waals surface area contributed by atoms with Gasteiger partial charge in [0.1, 0.15) is 17.3 Å². The maximum absolute atomic E-state index is 16.0. The Labute approximate surface area is 251 Å². The van der Waals surface area contributed by atoms with Crippen molar-refractivity contribution < 1.29 is 28.5 Å². The summed E-state index contributed by atoms with van der Waals surface area (Å²) in [5, 5.41) is 10.0. The van der Waals surface area contributed by atoms with Gasteiger partial charge < -0.3 is 23.9 Å². The monoisotopic (exact) mass is 599 g/mol. The lowest BCUT2D eigenvalue weighted by Crippen LogP contribution is -2.32. The highest BCUT2D eigenvalue weighted by Crippen LogP contribution is 2.49. The van der Waals surface area contributed by atoms with Gasteiger partial charge in [-0.2, -0.15) is 0 Å². The van der Waals surface area contributed by atoms with E-state index in [0.717, 1.165) is 12.0 Å². The van der Waals surface area contributed by atoms with E-state index in [0.29, 0.717) is 68.9 Å². The summed E-state index contributed by atoms with van der Waals surface area (Å²) >= 11 is 6.02. The highest BCUT2D eigenvalue weighted by Gasteiger charge is 2.41. The van der Waals surface area contributed by atoms with Crippen LogP contribution in [0, 0.1) is 12.7 Å². The fourth-order valence-electron chi connectivity index (χ4n) is 5.69. The molecule has 10 heteroatoms. The first-order chi connectivity index (χ1) is 20.7. The number of imidazole rings is 1. The van der Waals surface area contributed by atoms with Crippen molar-refractivity contribution in [3.63, 3.8) is 0 Å². The topological polar surface area (TPSA) is 95.7 Å². The zero-order valence-electron chi connectivity index (χ0n) is 23.4. The van der Waals surface area contributed by atoms with Gasteiger partial charge in [-0.15, -0.1) is 0 Å². The molecule has 2 atom stereocenters. The van der Waals surface area contributed by atoms with Crippen LogP contribution in [0.15, 0.2) is 66.9 Å². The van der Waals surface area contributed by atoms with Gasteiger partial charge in [0.05, 0.1) is 34.3 Å². The van der Waals surface area contributed by atoms with Crippen LogP contribution in [0.25, 0.3) is 22.2 Å². The predicted molar refractivity (Wildman–Crippen MR) is 158 cm³/mol. The molecule has 1 N–H and O–H groups in total. The van der Waals surface area contributed by atoms with E-state index in [4.69, 9.17) is 30.8 Å². The first-order valence-electron chi connectivity index (χ1n) is 13.9. The minimum atomic E-state index is -1.17. The molecule has 0 radical (unpaired) electrons. The summed E-state index contributed by atoms with van der Waals surface area (Å²) in [5.41, 5.74) is 4.67. The van der Waals surface area contributed by atoms with Crippen LogP contribution in [0.5, 0.6) is 11.5 Å². The van der Waals surface area contributed by atoms with Crippen LogP contribution in [0.3, 0.4) is 0 Å². The van der Waals surface area contributed by atoms with E-state index in [1.54, 1.807) is 31.2 Å². The van der Waals surface area contributed by atoms with Crippen LogP contribution in [0.1, 0.15) is 46.3 Å². The Morgan fingerprint density at radius 1 is 1.16 bits per heavy atom. The van der Waals surface area contributed by atoms with Gasteiger partial charge in [0.15, 0.2) is 11.5 Å². The van der Waals surface area contributed by atoms with Gasteiger partial charge in [-0.1, -0.05) is 29.8 Å². The number of hydrogen-bond donors (Lipinski definition) is 1. The van der Waals surface area contributed by atoms with Crippen molar-refractivity contribution in [2.75, 3.05) is 6.61 Å². The highest BCUT2D eigenvalue weighted by molar-refractivity contribution is 6.30. The van der Waals surface area contributed by atoms with Gasteiger partial charge in [0.25, 0.3) is 5.79 Å². The number of fused-ring (bicyclic) bond motifs is 2. The number of aromatic nitrogens is 3. The third-order valence-electron chi connectivity index (χ3n) is 8.09. The summed E-state index contributed by atoms with van der Waals surface area (Å²) in [6.45, 7) is 4.86. The Morgan fingerprint density at radius 2 is 2.00 bits per heavy atom. The zero-order chi connectivity index (χ0) is 29.9. The lowest BCUT2D eigenvalue weighted by atomic mass is 9.96. The molecule has 7 rings (SSSR count). The molecule has 1 unspecified atom stereocenters. The number of aryl methyl sites for hydroxylation is 1. The summed E-state index contributed by atoms with van der Waals surface area (Å²) in [4.78, 5) is 20.8. The Hall–Kier alpha value is -4.47. The summed E-state index contributed by atoms with van der Waals surface area (Å²) in [6, 6.07) is 17.3. The van der Waals surface area contributed by atoms with Crippen molar-refractivity contribution in [1.29, 1.82) is 0 Å². The normalized spacial score (nSPS) is 19.0. The number of hydrogen-bond acceptors (Lipinski definition) is 6. The largest absolute Gasteiger partial charge is 0.478 e. The second-order valence-electron chi connectivity index (χ2n) is 11.0. The van der Waals surface area contributed by atoms with Gasteiger partial charge in [-0.05, 0) is 72.5 Å². The summed E-state index contributed by atoms with van der Waals surface area (Å²) in [7, 11) is 0. The van der Waals surface area contributed by atoms with Gasteiger partial charge in [-0.3, -0.25) is 4.98 Å². The number of benzene rings is 3. The van der Waals surface area contributed by atoms with Crippen molar-refractivity contribution in [3.8, 4) is 22.6 Å². The predicted octanol–water partition coefficient (Wildman–Crippen LogP) is 6.92. The van der Waals surface area contributed by atoms with Gasteiger partial charge in [0, 0.05) is 31.7 Å². The fraction of sp³-hybridized carbons (Fsp3) is 0.242. The summed E-state index contributed by atoms with van der Waals surface area (Å²) < 4.78 is 36.1. The number of rotatable bonds is 7. The number of aromatic carboxylic acids is 1. The molecular weight excluding hydrogens is 573 g/mol. The van der Waals surface area contributed by atoms with Crippen molar-refractivity contribution >= 4 is 28.6 Å². The molecule has 0 amide bonds. The number of pyridine rings is 1. The van der Waals surface area contributed by atoms with E-state index >= 15 is 4.39 Å². The summed E-state index contributed by atoms with van der Waals surface area (Å²) in [5.74, 6) is -0.874. The van der Waals surface area contributed by atoms with E-state index in [1.165, 1.54) is 18.3 Å². The Kier molecular flexibility index (Phi) is 6.59. The molecule has 1 saturated heterocycles. The SMILES string of the molecule is Cc1cc(-c2cccc3c2OC(C)(c2ccc(Cl)cn2)O3)cc(F)c1Cc1nc2ccc(C(=O)O)cc2n1C[C@@H]1CCO1. The van der Waals surface area contributed by atoms with Crippen molar-refractivity contribution in [3.05, 3.63) is 106 Å². The van der Waals surface area contributed by atoms with E-state index in [-0.39, 0.29) is 23.9 Å². The third kappa shape index (κ3) is 4.88. The van der Waals surface area contributed by atoms with Crippen LogP contribution in [0.2, 0.25) is 5.02 Å². The first kappa shape index (κ1) is 27.4. The molecule has 0 spiro atoms. The number of para-hydroxylation sites is 1. The Balaban J connectivity index is 1.23. The quantitative estimate of drug-likeness (QED) is 0.217. The van der Waals surface area contributed by atoms with Crippen molar-refractivity contribution in [2.24, 2.45) is 0 Å². The molecule has 8 nitrogen and oxygen atoms in total. The lowest BCUT2D eigenvalue weighted by molar-refractivity contribution is -0.0715. The van der Waals surface area contributed by atoms with Crippen LogP contribution < -0.4 is 9.47 Å². The minimum absolute atomic E-state index is 0.00843. The average Bonchev–Trinajstić information content (AvgIpc) is 3.49. The second-order valence-corrected chi connectivity index (χ2v) is 11.4. The van der Waals surface area contributed by atoms with Crippen LogP contribution in [-0.2, 0) is 23.5 Å². The number of halogens is 2. The van der Waals surface area contributed by atoms with E-state index in [9.17, 15) is 9.90 Å². The first-order valence-corrected chi connectivity index (χ1v) is 14.3. The van der Waals surface area contributed by atoms with Gasteiger partial charge in [0.2, 0.25) is 0 Å². The molecule has 3 aromatic carbocycles. The van der Waals surface area contributed by atoms with Crippen LogP contribution >= 0.6 is 11.6 Å².